The molecule has 5 nitrogen and oxygen atoms in total. The number of carbonyl (C=O) groups is 1. The average molecular weight is 384 g/mol. The van der Waals surface area contributed by atoms with Crippen molar-refractivity contribution < 1.29 is 9.21 Å². The van der Waals surface area contributed by atoms with Gasteiger partial charge in [0.2, 0.25) is 5.91 Å². The molecule has 1 saturated heterocycles. The minimum Gasteiger partial charge on any atom is -0.441 e. The number of oxazole rings is 1. The lowest BCUT2D eigenvalue weighted by Gasteiger charge is -2.30. The summed E-state index contributed by atoms with van der Waals surface area (Å²) in [6, 6.07) is 9.95. The third-order valence-corrected chi connectivity index (χ3v) is 5.51. The van der Waals surface area contributed by atoms with Gasteiger partial charge in [-0.15, -0.1) is 0 Å². The molecule has 1 amide bonds. The molecule has 0 atom stereocenters. The molecule has 2 heterocycles. The Hall–Kier alpha value is -2.14. The molecule has 3 rings (SSSR count). The fourth-order valence-electron chi connectivity index (χ4n) is 3.62. The number of nitrogens with zero attached hydrogens (tertiary/aromatic N) is 2. The van der Waals surface area contributed by atoms with Crippen molar-refractivity contribution in [3.05, 3.63) is 42.4 Å². The standard InChI is InChI=1S/C23H33N3O2/c1-19-12-16-26(17-13-19)15-6-5-14-24-22(27)10-7-11-23-25-18-21(28-23)20-8-3-2-4-9-20/h2-4,8-9,18-19H,5-7,10-17H2,1H3,(H,24,27). The van der Waals surface area contributed by atoms with E-state index in [0.29, 0.717) is 18.7 Å². The van der Waals surface area contributed by atoms with E-state index in [4.69, 9.17) is 4.42 Å². The molecule has 0 spiro atoms. The van der Waals surface area contributed by atoms with Gasteiger partial charge in [0.1, 0.15) is 0 Å². The Labute approximate surface area is 168 Å². The minimum absolute atomic E-state index is 0.127. The van der Waals surface area contributed by atoms with Crippen LogP contribution in [0.25, 0.3) is 11.3 Å². The molecule has 0 bridgehead atoms. The van der Waals surface area contributed by atoms with Gasteiger partial charge in [-0.25, -0.2) is 4.98 Å². The van der Waals surface area contributed by atoms with Gasteiger partial charge in [0.05, 0.1) is 6.20 Å². The highest BCUT2D eigenvalue weighted by Gasteiger charge is 2.14. The number of likely N-dealkylation sites (tertiary alicyclic amines) is 1. The highest BCUT2D eigenvalue weighted by molar-refractivity contribution is 5.75. The normalized spacial score (nSPS) is 15.6. The SMILES string of the molecule is CC1CCN(CCCCNC(=O)CCCc2ncc(-c3ccccc3)o2)CC1. The molecular weight excluding hydrogens is 350 g/mol. The highest BCUT2D eigenvalue weighted by atomic mass is 16.4. The lowest BCUT2D eigenvalue weighted by Crippen LogP contribution is -2.34. The van der Waals surface area contributed by atoms with E-state index in [0.717, 1.165) is 49.6 Å². The van der Waals surface area contributed by atoms with Crippen LogP contribution in [-0.4, -0.2) is 42.0 Å². The molecule has 0 unspecified atom stereocenters. The van der Waals surface area contributed by atoms with Crippen LogP contribution in [0.1, 0.15) is 51.3 Å². The van der Waals surface area contributed by atoms with Crippen LogP contribution in [0.2, 0.25) is 0 Å². The molecule has 1 aromatic carbocycles. The summed E-state index contributed by atoms with van der Waals surface area (Å²) >= 11 is 0. The summed E-state index contributed by atoms with van der Waals surface area (Å²) in [5.74, 6) is 2.49. The second kappa shape index (κ2) is 11.0. The smallest absolute Gasteiger partial charge is 0.220 e. The van der Waals surface area contributed by atoms with E-state index in [1.165, 1.54) is 25.9 Å². The van der Waals surface area contributed by atoms with Crippen molar-refractivity contribution in [1.29, 1.82) is 0 Å². The van der Waals surface area contributed by atoms with Gasteiger partial charge in [-0.1, -0.05) is 37.3 Å². The Balaban J connectivity index is 1.24. The summed E-state index contributed by atoms with van der Waals surface area (Å²) in [6.07, 6.45) is 8.59. The van der Waals surface area contributed by atoms with E-state index in [1.54, 1.807) is 6.20 Å². The molecule has 1 fully saturated rings. The number of unbranched alkanes of at least 4 members (excludes halogenated alkanes) is 1. The van der Waals surface area contributed by atoms with Gasteiger partial charge in [0.15, 0.2) is 11.7 Å². The van der Waals surface area contributed by atoms with Crippen LogP contribution in [0.4, 0.5) is 0 Å². The number of piperidine rings is 1. The zero-order valence-electron chi connectivity index (χ0n) is 17.0. The van der Waals surface area contributed by atoms with Crippen molar-refractivity contribution in [2.75, 3.05) is 26.2 Å². The Morgan fingerprint density at radius 1 is 1.18 bits per heavy atom. The zero-order chi connectivity index (χ0) is 19.6. The fraction of sp³-hybridized carbons (Fsp3) is 0.565. The van der Waals surface area contributed by atoms with E-state index in [9.17, 15) is 4.79 Å². The third-order valence-electron chi connectivity index (χ3n) is 5.51. The number of hydrogen-bond donors (Lipinski definition) is 1. The van der Waals surface area contributed by atoms with Gasteiger partial charge >= 0.3 is 0 Å². The van der Waals surface area contributed by atoms with Gasteiger partial charge in [-0.05, 0) is 57.7 Å². The fourth-order valence-corrected chi connectivity index (χ4v) is 3.62. The predicted octanol–water partition coefficient (Wildman–Crippen LogP) is 4.29. The maximum Gasteiger partial charge on any atom is 0.220 e. The molecule has 1 aliphatic heterocycles. The monoisotopic (exact) mass is 383 g/mol. The number of hydrogen-bond acceptors (Lipinski definition) is 4. The summed E-state index contributed by atoms with van der Waals surface area (Å²) in [7, 11) is 0. The van der Waals surface area contributed by atoms with Crippen LogP contribution in [0.15, 0.2) is 40.9 Å². The van der Waals surface area contributed by atoms with Crippen molar-refractivity contribution in [3.8, 4) is 11.3 Å². The number of carbonyl (C=O) groups excluding carboxylic acids is 1. The minimum atomic E-state index is 0.127. The third kappa shape index (κ3) is 6.79. The van der Waals surface area contributed by atoms with E-state index >= 15 is 0 Å². The van der Waals surface area contributed by atoms with Gasteiger partial charge in [-0.2, -0.15) is 0 Å². The van der Waals surface area contributed by atoms with Gasteiger partial charge in [0.25, 0.3) is 0 Å². The molecule has 1 aromatic heterocycles. The quantitative estimate of drug-likeness (QED) is 0.622. The maximum atomic E-state index is 12.0. The second-order valence-electron chi connectivity index (χ2n) is 7.92. The lowest BCUT2D eigenvalue weighted by molar-refractivity contribution is -0.121. The number of amides is 1. The highest BCUT2D eigenvalue weighted by Crippen LogP contribution is 2.20. The van der Waals surface area contributed by atoms with Gasteiger partial charge in [-0.3, -0.25) is 4.79 Å². The van der Waals surface area contributed by atoms with Crippen molar-refractivity contribution in [1.82, 2.24) is 15.2 Å². The van der Waals surface area contributed by atoms with Crippen molar-refractivity contribution in [3.63, 3.8) is 0 Å². The van der Waals surface area contributed by atoms with E-state index in [-0.39, 0.29) is 5.91 Å². The van der Waals surface area contributed by atoms with Crippen LogP contribution >= 0.6 is 0 Å². The first-order valence-corrected chi connectivity index (χ1v) is 10.7. The Morgan fingerprint density at radius 2 is 1.96 bits per heavy atom. The molecule has 0 radical (unpaired) electrons. The Morgan fingerprint density at radius 3 is 2.75 bits per heavy atom. The van der Waals surface area contributed by atoms with Crippen LogP contribution in [0.3, 0.4) is 0 Å². The molecule has 0 saturated carbocycles. The van der Waals surface area contributed by atoms with Crippen molar-refractivity contribution in [2.45, 2.75) is 51.9 Å². The number of aryl methyl sites for hydroxylation is 1. The number of aromatic nitrogens is 1. The predicted molar refractivity (Wildman–Crippen MR) is 112 cm³/mol. The van der Waals surface area contributed by atoms with Gasteiger partial charge < -0.3 is 14.6 Å². The Kier molecular flexibility index (Phi) is 8.09. The summed E-state index contributed by atoms with van der Waals surface area (Å²) < 4.78 is 5.78. The van der Waals surface area contributed by atoms with Crippen molar-refractivity contribution >= 4 is 5.91 Å². The summed E-state index contributed by atoms with van der Waals surface area (Å²) in [5.41, 5.74) is 1.03. The molecule has 5 heteroatoms. The summed E-state index contributed by atoms with van der Waals surface area (Å²) in [6.45, 7) is 6.76. The first kappa shape index (κ1) is 20.6. The van der Waals surface area contributed by atoms with E-state index < -0.39 is 0 Å². The number of rotatable bonds is 10. The lowest BCUT2D eigenvalue weighted by atomic mass is 9.99. The molecule has 2 aromatic rings. The molecule has 28 heavy (non-hydrogen) atoms. The summed E-state index contributed by atoms with van der Waals surface area (Å²) in [4.78, 5) is 18.9. The van der Waals surface area contributed by atoms with Crippen LogP contribution in [-0.2, 0) is 11.2 Å². The van der Waals surface area contributed by atoms with E-state index in [1.807, 2.05) is 30.3 Å². The van der Waals surface area contributed by atoms with Crippen LogP contribution in [0.5, 0.6) is 0 Å². The second-order valence-corrected chi connectivity index (χ2v) is 7.92. The first-order chi connectivity index (χ1) is 13.7. The largest absolute Gasteiger partial charge is 0.441 e. The molecule has 1 N–H and O–H groups in total. The van der Waals surface area contributed by atoms with E-state index in [2.05, 4.69) is 22.1 Å². The average Bonchev–Trinajstić information content (AvgIpc) is 3.19. The topological polar surface area (TPSA) is 58.4 Å². The summed E-state index contributed by atoms with van der Waals surface area (Å²) in [5, 5.41) is 3.04. The molecular formula is C23H33N3O2. The number of nitrogens with one attached hydrogen (secondary N) is 1. The first-order valence-electron chi connectivity index (χ1n) is 10.7. The molecule has 0 aliphatic carbocycles. The molecule has 1 aliphatic rings. The maximum absolute atomic E-state index is 12.0. The molecule has 152 valence electrons. The zero-order valence-corrected chi connectivity index (χ0v) is 17.0. The van der Waals surface area contributed by atoms with Gasteiger partial charge in [0, 0.05) is 24.9 Å². The van der Waals surface area contributed by atoms with Crippen LogP contribution in [0, 0.1) is 5.92 Å². The van der Waals surface area contributed by atoms with Crippen molar-refractivity contribution in [2.24, 2.45) is 5.92 Å². The van der Waals surface area contributed by atoms with Crippen LogP contribution < -0.4 is 5.32 Å². The number of benzene rings is 1. The Bertz CT molecular complexity index is 706.